The van der Waals surface area contributed by atoms with E-state index >= 15 is 0 Å². The normalized spacial score (nSPS) is 14.7. The number of rotatable bonds is 4. The molecule has 164 valence electrons. The van der Waals surface area contributed by atoms with Crippen molar-refractivity contribution in [2.24, 2.45) is 7.05 Å². The van der Waals surface area contributed by atoms with Crippen molar-refractivity contribution in [1.82, 2.24) is 25.1 Å². The molecule has 1 aromatic carbocycles. The summed E-state index contributed by atoms with van der Waals surface area (Å²) in [5, 5.41) is 12.8. The van der Waals surface area contributed by atoms with Gasteiger partial charge in [0.25, 0.3) is 5.56 Å². The number of aromatic amines is 1. The average Bonchev–Trinajstić information content (AvgIpc) is 3.06. The number of nitrogens with one attached hydrogen (secondary N) is 3. The lowest BCUT2D eigenvalue weighted by molar-refractivity contribution is 0.460. The SMILES string of the molecule is Cc1nn(C)c(C)c1-c1cc2cc[nH]c(=O)c2c(Nc2ccc(C3CCNCC3)cc2)n1. The molecule has 1 aliphatic rings. The van der Waals surface area contributed by atoms with Crippen LogP contribution in [0.25, 0.3) is 22.0 Å². The van der Waals surface area contributed by atoms with Crippen LogP contribution in [0.15, 0.2) is 47.4 Å². The topological polar surface area (TPSA) is 87.6 Å². The predicted molar refractivity (Wildman–Crippen MR) is 129 cm³/mol. The molecule has 0 radical (unpaired) electrons. The van der Waals surface area contributed by atoms with Gasteiger partial charge in [0.1, 0.15) is 5.82 Å². The molecule has 0 spiro atoms. The Morgan fingerprint density at radius 1 is 1.09 bits per heavy atom. The Labute approximate surface area is 186 Å². The molecule has 1 fully saturated rings. The average molecular weight is 429 g/mol. The maximum Gasteiger partial charge on any atom is 0.259 e. The molecule has 4 heterocycles. The summed E-state index contributed by atoms with van der Waals surface area (Å²) >= 11 is 0. The van der Waals surface area contributed by atoms with Crippen LogP contribution in [0.2, 0.25) is 0 Å². The number of aromatic nitrogens is 4. The molecule has 7 heteroatoms. The molecule has 0 saturated carbocycles. The first-order chi connectivity index (χ1) is 15.5. The summed E-state index contributed by atoms with van der Waals surface area (Å²) in [4.78, 5) is 20.3. The summed E-state index contributed by atoms with van der Waals surface area (Å²) in [6, 6.07) is 12.4. The lowest BCUT2D eigenvalue weighted by Crippen LogP contribution is -2.26. The number of anilines is 2. The summed E-state index contributed by atoms with van der Waals surface area (Å²) in [6.45, 7) is 6.16. The van der Waals surface area contributed by atoms with Crippen molar-refractivity contribution in [2.45, 2.75) is 32.6 Å². The van der Waals surface area contributed by atoms with E-state index in [0.717, 1.165) is 46.8 Å². The third kappa shape index (κ3) is 3.69. The Morgan fingerprint density at radius 2 is 1.84 bits per heavy atom. The van der Waals surface area contributed by atoms with Gasteiger partial charge in [-0.1, -0.05) is 12.1 Å². The summed E-state index contributed by atoms with van der Waals surface area (Å²) in [6.07, 6.45) is 4.01. The molecular formula is C25H28N6O. The Balaban J connectivity index is 1.56. The van der Waals surface area contributed by atoms with Crippen LogP contribution in [0.4, 0.5) is 11.5 Å². The van der Waals surface area contributed by atoms with Gasteiger partial charge < -0.3 is 15.6 Å². The van der Waals surface area contributed by atoms with Crippen molar-refractivity contribution in [2.75, 3.05) is 18.4 Å². The van der Waals surface area contributed by atoms with Crippen LogP contribution in [0.5, 0.6) is 0 Å². The number of benzene rings is 1. The van der Waals surface area contributed by atoms with Crippen molar-refractivity contribution < 1.29 is 0 Å². The first kappa shape index (κ1) is 20.5. The van der Waals surface area contributed by atoms with Gasteiger partial charge in [-0.15, -0.1) is 0 Å². The van der Waals surface area contributed by atoms with Crippen LogP contribution in [0.1, 0.15) is 35.7 Å². The third-order valence-electron chi connectivity index (χ3n) is 6.50. The largest absolute Gasteiger partial charge is 0.340 e. The Bertz CT molecular complexity index is 1330. The second kappa shape index (κ2) is 8.24. The molecule has 1 aliphatic heterocycles. The zero-order valence-corrected chi connectivity index (χ0v) is 18.7. The molecule has 3 aromatic heterocycles. The minimum absolute atomic E-state index is 0.157. The highest BCUT2D eigenvalue weighted by Gasteiger charge is 2.18. The van der Waals surface area contributed by atoms with Crippen LogP contribution in [0.3, 0.4) is 0 Å². The highest BCUT2D eigenvalue weighted by molar-refractivity contribution is 5.95. The highest BCUT2D eigenvalue weighted by atomic mass is 16.1. The second-order valence-corrected chi connectivity index (χ2v) is 8.57. The van der Waals surface area contributed by atoms with E-state index in [1.54, 1.807) is 6.20 Å². The number of aryl methyl sites for hydroxylation is 2. The molecule has 0 unspecified atom stereocenters. The summed E-state index contributed by atoms with van der Waals surface area (Å²) in [7, 11) is 1.93. The van der Waals surface area contributed by atoms with Crippen molar-refractivity contribution in [3.8, 4) is 11.3 Å². The lowest BCUT2D eigenvalue weighted by Gasteiger charge is -2.23. The van der Waals surface area contributed by atoms with Crippen molar-refractivity contribution in [1.29, 1.82) is 0 Å². The van der Waals surface area contributed by atoms with Crippen molar-refractivity contribution in [3.05, 3.63) is 69.9 Å². The van der Waals surface area contributed by atoms with Gasteiger partial charge >= 0.3 is 0 Å². The standard InChI is InChI=1S/C25H28N6O/c1-15-22(16(2)31(3)30-15)21-14-19-10-13-27-25(32)23(19)24(29-21)28-20-6-4-17(5-7-20)18-8-11-26-12-9-18/h4-7,10,13-14,18,26H,8-9,11-12H2,1-3H3,(H,27,32)(H,28,29). The zero-order valence-electron chi connectivity index (χ0n) is 18.7. The number of piperidine rings is 1. The second-order valence-electron chi connectivity index (χ2n) is 8.57. The zero-order chi connectivity index (χ0) is 22.2. The van der Waals surface area contributed by atoms with Gasteiger partial charge in [-0.2, -0.15) is 5.10 Å². The monoisotopic (exact) mass is 428 g/mol. The predicted octanol–water partition coefficient (Wildman–Crippen LogP) is 4.15. The lowest BCUT2D eigenvalue weighted by atomic mass is 9.90. The molecule has 0 aliphatic carbocycles. The molecule has 4 aromatic rings. The van der Waals surface area contributed by atoms with Crippen LogP contribution in [0, 0.1) is 13.8 Å². The molecular weight excluding hydrogens is 400 g/mol. The van der Waals surface area contributed by atoms with E-state index < -0.39 is 0 Å². The summed E-state index contributed by atoms with van der Waals surface area (Å²) < 4.78 is 1.86. The Hall–Kier alpha value is -3.45. The first-order valence-electron chi connectivity index (χ1n) is 11.1. The maximum absolute atomic E-state index is 12.7. The van der Waals surface area contributed by atoms with Crippen molar-refractivity contribution >= 4 is 22.3 Å². The number of nitrogens with zero attached hydrogens (tertiary/aromatic N) is 3. The van der Waals surface area contributed by atoms with E-state index in [4.69, 9.17) is 4.98 Å². The van der Waals surface area contributed by atoms with E-state index in [-0.39, 0.29) is 5.56 Å². The fourth-order valence-corrected chi connectivity index (χ4v) is 4.71. The van der Waals surface area contributed by atoms with Gasteiger partial charge in [-0.25, -0.2) is 4.98 Å². The summed E-state index contributed by atoms with van der Waals surface area (Å²) in [5.41, 5.74) is 5.88. The molecule has 1 saturated heterocycles. The van der Waals surface area contributed by atoms with Crippen LogP contribution in [-0.2, 0) is 7.05 Å². The van der Waals surface area contributed by atoms with E-state index in [0.29, 0.717) is 17.1 Å². The van der Waals surface area contributed by atoms with Gasteiger partial charge in [0.05, 0.1) is 16.8 Å². The number of hydrogen-bond acceptors (Lipinski definition) is 5. The molecule has 32 heavy (non-hydrogen) atoms. The van der Waals surface area contributed by atoms with E-state index in [1.807, 2.05) is 37.7 Å². The number of hydrogen-bond donors (Lipinski definition) is 3. The number of H-pyrrole nitrogens is 1. The van der Waals surface area contributed by atoms with E-state index in [1.165, 1.54) is 18.4 Å². The molecule has 0 bridgehead atoms. The van der Waals surface area contributed by atoms with E-state index in [9.17, 15) is 4.79 Å². The fraction of sp³-hybridized carbons (Fsp3) is 0.320. The van der Waals surface area contributed by atoms with Crippen molar-refractivity contribution in [3.63, 3.8) is 0 Å². The quantitative estimate of drug-likeness (QED) is 0.454. The Morgan fingerprint density at radius 3 is 2.53 bits per heavy atom. The maximum atomic E-state index is 12.7. The number of pyridine rings is 2. The van der Waals surface area contributed by atoms with Gasteiger partial charge in [0.15, 0.2) is 0 Å². The van der Waals surface area contributed by atoms with Crippen LogP contribution >= 0.6 is 0 Å². The highest BCUT2D eigenvalue weighted by Crippen LogP contribution is 2.32. The van der Waals surface area contributed by atoms with Gasteiger partial charge in [-0.05, 0) is 80.9 Å². The Kier molecular flexibility index (Phi) is 5.27. The molecule has 7 nitrogen and oxygen atoms in total. The van der Waals surface area contributed by atoms with Gasteiger partial charge in [0, 0.05) is 30.2 Å². The molecule has 0 amide bonds. The van der Waals surface area contributed by atoms with Crippen LogP contribution in [-0.4, -0.2) is 32.8 Å². The summed E-state index contributed by atoms with van der Waals surface area (Å²) in [5.74, 6) is 1.16. The van der Waals surface area contributed by atoms with Gasteiger partial charge in [0.2, 0.25) is 0 Å². The molecule has 3 N–H and O–H groups in total. The fourth-order valence-electron chi connectivity index (χ4n) is 4.71. The number of fused-ring (bicyclic) bond motifs is 1. The van der Waals surface area contributed by atoms with Gasteiger partial charge in [-0.3, -0.25) is 9.48 Å². The minimum Gasteiger partial charge on any atom is -0.340 e. The third-order valence-corrected chi connectivity index (χ3v) is 6.50. The van der Waals surface area contributed by atoms with E-state index in [2.05, 4.69) is 45.0 Å². The first-order valence-corrected chi connectivity index (χ1v) is 11.1. The minimum atomic E-state index is -0.157. The molecule has 5 rings (SSSR count). The van der Waals surface area contributed by atoms with Crippen LogP contribution < -0.4 is 16.2 Å². The molecule has 0 atom stereocenters. The smallest absolute Gasteiger partial charge is 0.259 e.